The van der Waals surface area contributed by atoms with Crippen LogP contribution in [0.3, 0.4) is 0 Å². The summed E-state index contributed by atoms with van der Waals surface area (Å²) in [4.78, 5) is 0. The zero-order chi connectivity index (χ0) is 17.1. The van der Waals surface area contributed by atoms with E-state index in [2.05, 4.69) is 91.2 Å². The van der Waals surface area contributed by atoms with E-state index in [0.717, 1.165) is 0 Å². The zero-order valence-corrected chi connectivity index (χ0v) is 18.7. The lowest BCUT2D eigenvalue weighted by Gasteiger charge is -2.57. The van der Waals surface area contributed by atoms with E-state index in [4.69, 9.17) is 0 Å². The zero-order valence-electron chi connectivity index (χ0n) is 16.7. The Labute approximate surface area is 137 Å². The van der Waals surface area contributed by atoms with Gasteiger partial charge in [-0.15, -0.1) is 0 Å². The van der Waals surface area contributed by atoms with Crippen LogP contribution < -0.4 is 0 Å². The van der Waals surface area contributed by atoms with E-state index in [1.54, 1.807) is 0 Å². The predicted molar refractivity (Wildman–Crippen MR) is 105 cm³/mol. The predicted octanol–water partition coefficient (Wildman–Crippen LogP) is 7.00. The molecule has 0 aromatic rings. The molecule has 0 unspecified atom stereocenters. The molecular formula is C18H41NSi2. The van der Waals surface area contributed by atoms with Gasteiger partial charge in [0, 0.05) is 0 Å². The van der Waals surface area contributed by atoms with Gasteiger partial charge in [0.25, 0.3) is 0 Å². The van der Waals surface area contributed by atoms with Crippen molar-refractivity contribution >= 4 is 16.5 Å². The first-order valence-electron chi connectivity index (χ1n) is 8.65. The Bertz CT molecular complexity index is 317. The first-order chi connectivity index (χ1) is 9.19. The molecule has 0 aliphatic heterocycles. The van der Waals surface area contributed by atoms with Gasteiger partial charge in [-0.3, -0.25) is 0 Å². The highest BCUT2D eigenvalue weighted by Crippen LogP contribution is 2.47. The van der Waals surface area contributed by atoms with Crippen molar-refractivity contribution in [3.8, 4) is 0 Å². The molecule has 3 heteroatoms. The molecule has 0 rings (SSSR count). The molecule has 0 radical (unpaired) electrons. The van der Waals surface area contributed by atoms with Gasteiger partial charge in [0.2, 0.25) is 0 Å². The molecule has 0 aromatic heterocycles. The summed E-state index contributed by atoms with van der Waals surface area (Å²) in [5.74, 6) is 0. The van der Waals surface area contributed by atoms with Crippen LogP contribution in [0, 0.1) is 0 Å². The number of rotatable bonds is 6. The van der Waals surface area contributed by atoms with Crippen LogP contribution in [-0.4, -0.2) is 20.7 Å². The maximum atomic E-state index is 2.88. The van der Waals surface area contributed by atoms with Gasteiger partial charge in [-0.1, -0.05) is 93.6 Å². The number of hydrogen-bond donors (Lipinski definition) is 0. The highest BCUT2D eigenvalue weighted by molar-refractivity contribution is 6.93. The van der Waals surface area contributed by atoms with Gasteiger partial charge in [-0.2, -0.15) is 0 Å². The molecule has 0 aromatic carbocycles. The molecule has 21 heavy (non-hydrogen) atoms. The van der Waals surface area contributed by atoms with Crippen LogP contribution >= 0.6 is 0 Å². The molecule has 0 aliphatic carbocycles. The lowest BCUT2D eigenvalue weighted by atomic mass is 10.2. The van der Waals surface area contributed by atoms with Crippen molar-refractivity contribution in [3.63, 3.8) is 0 Å². The molecule has 0 saturated carbocycles. The van der Waals surface area contributed by atoms with Gasteiger partial charge in [0.15, 0.2) is 0 Å². The molecule has 126 valence electrons. The van der Waals surface area contributed by atoms with Crippen molar-refractivity contribution in [2.75, 3.05) is 0 Å². The number of unbranched alkanes of at least 4 members (excludes halogenated alkanes) is 2. The third-order valence-electron chi connectivity index (χ3n) is 5.85. The maximum absolute atomic E-state index is 2.88. The Kier molecular flexibility index (Phi) is 7.02. The molecule has 0 bridgehead atoms. The van der Waals surface area contributed by atoms with Crippen LogP contribution in [-0.2, 0) is 0 Å². The van der Waals surface area contributed by atoms with Gasteiger partial charge in [0.1, 0.15) is 16.5 Å². The normalized spacial score (nSPS) is 14.8. The third kappa shape index (κ3) is 4.99. The molecule has 0 atom stereocenters. The van der Waals surface area contributed by atoms with Crippen LogP contribution in [0.25, 0.3) is 0 Å². The first-order valence-corrected chi connectivity index (χ1v) is 14.5. The second-order valence-electron chi connectivity index (χ2n) is 9.52. The minimum Gasteiger partial charge on any atom is -0.430 e. The van der Waals surface area contributed by atoms with E-state index < -0.39 is 16.5 Å². The fourth-order valence-corrected chi connectivity index (χ4v) is 12.3. The molecular weight excluding hydrogens is 286 g/mol. The summed E-state index contributed by atoms with van der Waals surface area (Å²) in [6.07, 6.45) is 8.73. The summed E-state index contributed by atoms with van der Waals surface area (Å²) in [5, 5.41) is 0.773. The van der Waals surface area contributed by atoms with Crippen molar-refractivity contribution in [2.45, 2.75) is 104 Å². The average molecular weight is 328 g/mol. The number of hydrogen-bond acceptors (Lipinski definition) is 1. The average Bonchev–Trinajstić information content (AvgIpc) is 2.25. The summed E-state index contributed by atoms with van der Waals surface area (Å²) in [7, 11) is -3.06. The smallest absolute Gasteiger partial charge is 0.146 e. The summed E-state index contributed by atoms with van der Waals surface area (Å²) >= 11 is 0. The molecule has 0 heterocycles. The lowest BCUT2D eigenvalue weighted by Crippen LogP contribution is -2.66. The highest BCUT2D eigenvalue weighted by Gasteiger charge is 2.50. The van der Waals surface area contributed by atoms with Crippen LogP contribution in [0.15, 0.2) is 12.3 Å². The van der Waals surface area contributed by atoms with E-state index in [1.807, 2.05) is 0 Å². The third-order valence-corrected chi connectivity index (χ3v) is 19.3. The van der Waals surface area contributed by atoms with E-state index in [9.17, 15) is 0 Å². The number of nitrogens with zero attached hydrogens (tertiary/aromatic N) is 1. The monoisotopic (exact) mass is 327 g/mol. The van der Waals surface area contributed by atoms with E-state index >= 15 is 0 Å². The van der Waals surface area contributed by atoms with Crippen molar-refractivity contribution in [1.82, 2.24) is 4.23 Å². The minimum atomic E-state index is -1.53. The standard InChI is InChI=1S/C18H41NSi2/c1-12-13-14-15-16-19(20(8,9)17(2,3)4)21(10,11)18(5,6)7/h15-16H,12-14H2,1-11H3. The fourth-order valence-electron chi connectivity index (χ4n) is 2.30. The largest absolute Gasteiger partial charge is 0.430 e. The lowest BCUT2D eigenvalue weighted by molar-refractivity contribution is 0.596. The van der Waals surface area contributed by atoms with Gasteiger partial charge < -0.3 is 4.23 Å². The van der Waals surface area contributed by atoms with Crippen molar-refractivity contribution in [2.24, 2.45) is 0 Å². The van der Waals surface area contributed by atoms with E-state index in [1.165, 1.54) is 19.3 Å². The minimum absolute atomic E-state index is 0.387. The van der Waals surface area contributed by atoms with Crippen molar-refractivity contribution < 1.29 is 0 Å². The summed E-state index contributed by atoms with van der Waals surface area (Å²) in [5.41, 5.74) is 0. The van der Waals surface area contributed by atoms with Gasteiger partial charge in [-0.05, 0) is 22.7 Å². The fraction of sp³-hybridized carbons (Fsp3) is 0.889. The Hall–Kier alpha value is -0.0262. The topological polar surface area (TPSA) is 3.24 Å². The van der Waals surface area contributed by atoms with Gasteiger partial charge in [0.05, 0.1) is 0 Å². The Morgan fingerprint density at radius 3 is 1.48 bits per heavy atom. The molecule has 0 aliphatic rings. The molecule has 0 spiro atoms. The van der Waals surface area contributed by atoms with Crippen molar-refractivity contribution in [3.05, 3.63) is 12.3 Å². The second kappa shape index (κ2) is 7.03. The Balaban J connectivity index is 5.66. The quantitative estimate of drug-likeness (QED) is 0.375. The molecule has 1 nitrogen and oxygen atoms in total. The van der Waals surface area contributed by atoms with Gasteiger partial charge >= 0.3 is 0 Å². The SMILES string of the molecule is CCCCC=CN([Si](C)(C)C(C)(C)C)[Si](C)(C)C(C)(C)C. The molecule has 0 saturated heterocycles. The van der Waals surface area contributed by atoms with E-state index in [0.29, 0.717) is 10.1 Å². The van der Waals surface area contributed by atoms with E-state index in [-0.39, 0.29) is 0 Å². The van der Waals surface area contributed by atoms with Gasteiger partial charge in [-0.25, -0.2) is 0 Å². The van der Waals surface area contributed by atoms with Crippen LogP contribution in [0.1, 0.15) is 67.7 Å². The van der Waals surface area contributed by atoms with Crippen molar-refractivity contribution in [1.29, 1.82) is 0 Å². The molecule has 0 fully saturated rings. The maximum Gasteiger partial charge on any atom is 0.146 e. The Morgan fingerprint density at radius 2 is 1.19 bits per heavy atom. The first kappa shape index (κ1) is 21.0. The second-order valence-corrected chi connectivity index (χ2v) is 20.2. The molecule has 0 N–H and O–H groups in total. The van der Waals surface area contributed by atoms with Crippen LogP contribution in [0.5, 0.6) is 0 Å². The van der Waals surface area contributed by atoms with Crippen LogP contribution in [0.4, 0.5) is 0 Å². The number of allylic oxidation sites excluding steroid dienone is 1. The summed E-state index contributed by atoms with van der Waals surface area (Å²) < 4.78 is 2.88. The summed E-state index contributed by atoms with van der Waals surface area (Å²) in [6, 6.07) is 0. The highest BCUT2D eigenvalue weighted by atomic mass is 28.4. The molecule has 0 amide bonds. The van der Waals surface area contributed by atoms with Crippen LogP contribution in [0.2, 0.25) is 36.3 Å². The Morgan fingerprint density at radius 1 is 0.810 bits per heavy atom. The summed E-state index contributed by atoms with van der Waals surface area (Å²) in [6.45, 7) is 27.1.